The Labute approximate surface area is 133 Å². The van der Waals surface area contributed by atoms with E-state index in [-0.39, 0.29) is 0 Å². The van der Waals surface area contributed by atoms with Crippen molar-refractivity contribution in [3.8, 4) is 0 Å². The maximum atomic E-state index is 13.2. The Balaban J connectivity index is 1.67. The van der Waals surface area contributed by atoms with Crippen LogP contribution in [-0.4, -0.2) is 21.2 Å². The SMILES string of the molecule is Fc1ccc(Nc2cnnc(NC3CCCCCC3)n2)cc1F. The topological polar surface area (TPSA) is 62.7 Å². The molecular weight excluding hydrogens is 300 g/mol. The van der Waals surface area contributed by atoms with E-state index >= 15 is 0 Å². The minimum Gasteiger partial charge on any atom is -0.350 e. The summed E-state index contributed by atoms with van der Waals surface area (Å²) >= 11 is 0. The summed E-state index contributed by atoms with van der Waals surface area (Å²) < 4.78 is 26.2. The third-order valence-corrected chi connectivity index (χ3v) is 3.94. The molecule has 1 aromatic heterocycles. The Bertz CT molecular complexity index is 657. The molecule has 2 aromatic rings. The second kappa shape index (κ2) is 7.30. The molecule has 5 nitrogen and oxygen atoms in total. The number of nitrogens with one attached hydrogen (secondary N) is 2. The van der Waals surface area contributed by atoms with Gasteiger partial charge in [0.25, 0.3) is 0 Å². The summed E-state index contributed by atoms with van der Waals surface area (Å²) in [5.74, 6) is -0.910. The van der Waals surface area contributed by atoms with E-state index in [0.29, 0.717) is 23.5 Å². The zero-order valence-corrected chi connectivity index (χ0v) is 12.7. The lowest BCUT2D eigenvalue weighted by Gasteiger charge is -2.16. The molecular formula is C16H19F2N5. The van der Waals surface area contributed by atoms with Crippen molar-refractivity contribution in [3.05, 3.63) is 36.0 Å². The maximum absolute atomic E-state index is 13.2. The highest BCUT2D eigenvalue weighted by molar-refractivity contribution is 5.56. The molecule has 2 N–H and O–H groups in total. The lowest BCUT2D eigenvalue weighted by Crippen LogP contribution is -2.20. The van der Waals surface area contributed by atoms with Crippen molar-refractivity contribution < 1.29 is 8.78 Å². The molecule has 1 fully saturated rings. The van der Waals surface area contributed by atoms with Crippen LogP contribution in [0.5, 0.6) is 0 Å². The molecule has 0 aliphatic heterocycles. The van der Waals surface area contributed by atoms with Crippen molar-refractivity contribution >= 4 is 17.5 Å². The van der Waals surface area contributed by atoms with Gasteiger partial charge in [-0.05, 0) is 25.0 Å². The number of benzene rings is 1. The average molecular weight is 319 g/mol. The summed E-state index contributed by atoms with van der Waals surface area (Å²) in [6.45, 7) is 0. The van der Waals surface area contributed by atoms with E-state index in [1.54, 1.807) is 0 Å². The highest BCUT2D eigenvalue weighted by Crippen LogP contribution is 2.21. The molecule has 23 heavy (non-hydrogen) atoms. The van der Waals surface area contributed by atoms with Crippen LogP contribution >= 0.6 is 0 Å². The lowest BCUT2D eigenvalue weighted by atomic mass is 10.1. The van der Waals surface area contributed by atoms with E-state index in [4.69, 9.17) is 0 Å². The summed E-state index contributed by atoms with van der Waals surface area (Å²) in [4.78, 5) is 4.33. The third kappa shape index (κ3) is 4.34. The molecule has 0 saturated heterocycles. The van der Waals surface area contributed by atoms with Gasteiger partial charge < -0.3 is 10.6 Å². The number of hydrogen-bond donors (Lipinski definition) is 2. The van der Waals surface area contributed by atoms with Crippen LogP contribution in [0.3, 0.4) is 0 Å². The van der Waals surface area contributed by atoms with E-state index in [0.717, 1.165) is 25.0 Å². The van der Waals surface area contributed by atoms with Gasteiger partial charge in [0, 0.05) is 17.8 Å². The fourth-order valence-electron chi connectivity index (χ4n) is 2.75. The van der Waals surface area contributed by atoms with Gasteiger partial charge in [-0.15, -0.1) is 5.10 Å². The van der Waals surface area contributed by atoms with Gasteiger partial charge in [-0.1, -0.05) is 25.7 Å². The molecule has 1 aromatic carbocycles. The van der Waals surface area contributed by atoms with Crippen molar-refractivity contribution in [1.29, 1.82) is 0 Å². The van der Waals surface area contributed by atoms with E-state index in [1.807, 2.05) is 0 Å². The van der Waals surface area contributed by atoms with Crippen LogP contribution in [-0.2, 0) is 0 Å². The quantitative estimate of drug-likeness (QED) is 0.833. The van der Waals surface area contributed by atoms with Crippen molar-refractivity contribution in [2.45, 2.75) is 44.6 Å². The first-order valence-corrected chi connectivity index (χ1v) is 7.89. The van der Waals surface area contributed by atoms with Crippen molar-refractivity contribution in [2.24, 2.45) is 0 Å². The molecule has 7 heteroatoms. The van der Waals surface area contributed by atoms with Gasteiger partial charge in [-0.3, -0.25) is 0 Å². The summed E-state index contributed by atoms with van der Waals surface area (Å²) in [5.41, 5.74) is 0.407. The van der Waals surface area contributed by atoms with Gasteiger partial charge in [0.1, 0.15) is 0 Å². The van der Waals surface area contributed by atoms with Crippen LogP contribution < -0.4 is 10.6 Å². The Morgan fingerprint density at radius 3 is 2.52 bits per heavy atom. The highest BCUT2D eigenvalue weighted by atomic mass is 19.2. The molecule has 0 unspecified atom stereocenters. The Kier molecular flexibility index (Phi) is 4.95. The van der Waals surface area contributed by atoms with Crippen LogP contribution in [0.4, 0.5) is 26.2 Å². The van der Waals surface area contributed by atoms with Gasteiger partial charge in [0.05, 0.1) is 6.20 Å². The minimum absolute atomic E-state index is 0.359. The molecule has 0 bridgehead atoms. The molecule has 0 radical (unpaired) electrons. The largest absolute Gasteiger partial charge is 0.350 e. The molecule has 1 heterocycles. The summed E-state index contributed by atoms with van der Waals surface area (Å²) in [6.07, 6.45) is 8.60. The van der Waals surface area contributed by atoms with Gasteiger partial charge in [0.15, 0.2) is 17.5 Å². The van der Waals surface area contributed by atoms with Crippen LogP contribution in [0.2, 0.25) is 0 Å². The molecule has 3 rings (SSSR count). The normalized spacial score (nSPS) is 15.9. The molecule has 122 valence electrons. The zero-order chi connectivity index (χ0) is 16.1. The first-order valence-electron chi connectivity index (χ1n) is 7.89. The van der Waals surface area contributed by atoms with Crippen molar-refractivity contribution in [1.82, 2.24) is 15.2 Å². The van der Waals surface area contributed by atoms with Gasteiger partial charge >= 0.3 is 0 Å². The Hall–Kier alpha value is -2.31. The minimum atomic E-state index is -0.909. The second-order valence-corrected chi connectivity index (χ2v) is 5.75. The highest BCUT2D eigenvalue weighted by Gasteiger charge is 2.13. The maximum Gasteiger partial charge on any atom is 0.244 e. The monoisotopic (exact) mass is 319 g/mol. The van der Waals surface area contributed by atoms with Crippen molar-refractivity contribution in [3.63, 3.8) is 0 Å². The number of anilines is 3. The predicted molar refractivity (Wildman–Crippen MR) is 84.6 cm³/mol. The fourth-order valence-corrected chi connectivity index (χ4v) is 2.75. The van der Waals surface area contributed by atoms with Gasteiger partial charge in [-0.25, -0.2) is 8.78 Å². The number of nitrogens with zero attached hydrogens (tertiary/aromatic N) is 3. The second-order valence-electron chi connectivity index (χ2n) is 5.75. The number of hydrogen-bond acceptors (Lipinski definition) is 5. The number of halogens is 2. The molecule has 0 amide bonds. The first kappa shape index (κ1) is 15.6. The molecule has 1 aliphatic rings. The van der Waals surface area contributed by atoms with Crippen LogP contribution in [0, 0.1) is 11.6 Å². The Morgan fingerprint density at radius 1 is 1.00 bits per heavy atom. The van der Waals surface area contributed by atoms with Gasteiger partial charge in [0.2, 0.25) is 5.95 Å². The summed E-state index contributed by atoms with van der Waals surface area (Å²) in [5, 5.41) is 14.1. The Morgan fingerprint density at radius 2 is 1.78 bits per heavy atom. The van der Waals surface area contributed by atoms with E-state index in [9.17, 15) is 8.78 Å². The molecule has 1 saturated carbocycles. The van der Waals surface area contributed by atoms with Gasteiger partial charge in [-0.2, -0.15) is 10.1 Å². The van der Waals surface area contributed by atoms with E-state index in [1.165, 1.54) is 37.9 Å². The van der Waals surface area contributed by atoms with Crippen LogP contribution in [0.1, 0.15) is 38.5 Å². The standard InChI is InChI=1S/C16H19F2N5/c17-13-8-7-12(9-14(13)18)20-15-10-19-23-16(22-15)21-11-5-3-1-2-4-6-11/h7-11H,1-6H2,(H2,20,21,22,23). The number of rotatable bonds is 4. The van der Waals surface area contributed by atoms with E-state index < -0.39 is 11.6 Å². The predicted octanol–water partition coefficient (Wildman–Crippen LogP) is 4.03. The average Bonchev–Trinajstić information content (AvgIpc) is 2.80. The molecule has 0 spiro atoms. The fraction of sp³-hybridized carbons (Fsp3) is 0.438. The lowest BCUT2D eigenvalue weighted by molar-refractivity contribution is 0.509. The van der Waals surface area contributed by atoms with Crippen LogP contribution in [0.25, 0.3) is 0 Å². The molecule has 0 atom stereocenters. The summed E-state index contributed by atoms with van der Waals surface area (Å²) in [7, 11) is 0. The van der Waals surface area contributed by atoms with Crippen LogP contribution in [0.15, 0.2) is 24.4 Å². The summed E-state index contributed by atoms with van der Waals surface area (Å²) in [6, 6.07) is 3.95. The number of aromatic nitrogens is 3. The van der Waals surface area contributed by atoms with E-state index in [2.05, 4.69) is 25.8 Å². The zero-order valence-electron chi connectivity index (χ0n) is 12.7. The molecule has 1 aliphatic carbocycles. The third-order valence-electron chi connectivity index (χ3n) is 3.94. The first-order chi connectivity index (χ1) is 11.2. The van der Waals surface area contributed by atoms with Crippen molar-refractivity contribution in [2.75, 3.05) is 10.6 Å². The smallest absolute Gasteiger partial charge is 0.244 e.